The van der Waals surface area contributed by atoms with Crippen molar-refractivity contribution >= 4 is 5.91 Å². The van der Waals surface area contributed by atoms with E-state index in [-0.39, 0.29) is 18.0 Å². The molecule has 29 heavy (non-hydrogen) atoms. The van der Waals surface area contributed by atoms with E-state index in [1.807, 2.05) is 24.3 Å². The van der Waals surface area contributed by atoms with Gasteiger partial charge in [-0.25, -0.2) is 9.37 Å². The van der Waals surface area contributed by atoms with Crippen LogP contribution in [0.25, 0.3) is 0 Å². The second-order valence-electron chi connectivity index (χ2n) is 6.95. The van der Waals surface area contributed by atoms with Gasteiger partial charge < -0.3 is 14.6 Å². The summed E-state index contributed by atoms with van der Waals surface area (Å²) in [6.07, 6.45) is 1.01. The molecule has 0 atom stereocenters. The number of carbonyl (C=O) groups is 1. The summed E-state index contributed by atoms with van der Waals surface area (Å²) >= 11 is 0. The molecule has 1 aliphatic rings. The number of methoxy groups -OCH3 is 1. The fourth-order valence-corrected chi connectivity index (χ4v) is 3.45. The molecule has 0 spiro atoms. The molecule has 1 aliphatic heterocycles. The minimum absolute atomic E-state index is 0.191. The number of carbonyl (C=O) groups excluding carboxylic acids is 1. The Morgan fingerprint density at radius 3 is 2.59 bits per heavy atom. The van der Waals surface area contributed by atoms with Crippen LogP contribution >= 0.6 is 0 Å². The van der Waals surface area contributed by atoms with Crippen LogP contribution in [-0.2, 0) is 19.4 Å². The summed E-state index contributed by atoms with van der Waals surface area (Å²) in [7, 11) is 1.61. The molecule has 2 aromatic carbocycles. The highest BCUT2D eigenvalue weighted by atomic mass is 19.1. The zero-order valence-corrected chi connectivity index (χ0v) is 15.9. The highest BCUT2D eigenvalue weighted by Gasteiger charge is 2.25. The maximum atomic E-state index is 13.1. The summed E-state index contributed by atoms with van der Waals surface area (Å²) in [5, 5.41) is 0. The molecule has 0 radical (unpaired) electrons. The Hall–Kier alpha value is -3.48. The SMILES string of the molecule is COc1ccc(Cc2nc3c(c(=O)[nH]2)CN(C(=O)c2ccc(F)cc2)CC3)cc1. The third kappa shape index (κ3) is 4.03. The van der Waals surface area contributed by atoms with Crippen LogP contribution < -0.4 is 10.3 Å². The number of amides is 1. The van der Waals surface area contributed by atoms with Crippen molar-refractivity contribution in [2.45, 2.75) is 19.4 Å². The summed E-state index contributed by atoms with van der Waals surface area (Å²) in [5.74, 6) is 0.747. The predicted molar refractivity (Wildman–Crippen MR) is 106 cm³/mol. The normalized spacial score (nSPS) is 13.1. The van der Waals surface area contributed by atoms with Crippen LogP contribution in [0.4, 0.5) is 4.39 Å². The van der Waals surface area contributed by atoms with Gasteiger partial charge in [-0.2, -0.15) is 0 Å². The Labute approximate surface area is 167 Å². The Balaban J connectivity index is 1.52. The molecular weight excluding hydrogens is 373 g/mol. The lowest BCUT2D eigenvalue weighted by atomic mass is 10.0. The highest BCUT2D eigenvalue weighted by molar-refractivity contribution is 5.94. The van der Waals surface area contributed by atoms with Crippen LogP contribution in [0.15, 0.2) is 53.3 Å². The van der Waals surface area contributed by atoms with Gasteiger partial charge in [0.25, 0.3) is 11.5 Å². The molecule has 1 aromatic heterocycles. The Kier molecular flexibility index (Phi) is 5.12. The van der Waals surface area contributed by atoms with E-state index in [0.717, 1.165) is 17.0 Å². The topological polar surface area (TPSA) is 75.3 Å². The first-order chi connectivity index (χ1) is 14.0. The number of hydrogen-bond acceptors (Lipinski definition) is 4. The molecule has 0 saturated heterocycles. The van der Waals surface area contributed by atoms with E-state index in [0.29, 0.717) is 36.3 Å². The molecule has 0 saturated carbocycles. The van der Waals surface area contributed by atoms with Crippen molar-refractivity contribution < 1.29 is 13.9 Å². The summed E-state index contributed by atoms with van der Waals surface area (Å²) in [4.78, 5) is 34.3. The van der Waals surface area contributed by atoms with Gasteiger partial charge >= 0.3 is 0 Å². The molecule has 2 heterocycles. The van der Waals surface area contributed by atoms with Gasteiger partial charge in [-0.1, -0.05) is 12.1 Å². The van der Waals surface area contributed by atoms with Crippen LogP contribution in [0.1, 0.15) is 33.0 Å². The number of aromatic amines is 1. The van der Waals surface area contributed by atoms with Crippen molar-refractivity contribution in [3.63, 3.8) is 0 Å². The third-order valence-corrected chi connectivity index (χ3v) is 5.03. The molecular formula is C22H20FN3O3. The molecule has 6 nitrogen and oxygen atoms in total. The summed E-state index contributed by atoms with van der Waals surface area (Å²) in [5.41, 5.74) is 2.41. The molecule has 1 N–H and O–H groups in total. The Morgan fingerprint density at radius 2 is 1.90 bits per heavy atom. The zero-order valence-electron chi connectivity index (χ0n) is 15.9. The van der Waals surface area contributed by atoms with Crippen LogP contribution in [0, 0.1) is 5.82 Å². The number of rotatable bonds is 4. The molecule has 0 unspecified atom stereocenters. The van der Waals surface area contributed by atoms with Crippen molar-refractivity contribution in [3.05, 3.63) is 92.9 Å². The molecule has 0 fully saturated rings. The third-order valence-electron chi connectivity index (χ3n) is 5.03. The van der Waals surface area contributed by atoms with Gasteiger partial charge in [0.15, 0.2) is 0 Å². The van der Waals surface area contributed by atoms with Crippen molar-refractivity contribution in [1.29, 1.82) is 0 Å². The number of H-pyrrole nitrogens is 1. The standard InChI is InChI=1S/C22H20FN3O3/c1-29-17-8-2-14(3-9-17)12-20-24-19-10-11-26(13-18(19)21(27)25-20)22(28)15-4-6-16(23)7-5-15/h2-9H,10-13H2,1H3,(H,24,25,27). The van der Waals surface area contributed by atoms with E-state index in [1.165, 1.54) is 24.3 Å². The number of halogens is 1. The smallest absolute Gasteiger partial charge is 0.256 e. The van der Waals surface area contributed by atoms with Crippen LogP contribution in [-0.4, -0.2) is 34.4 Å². The fraction of sp³-hybridized carbons (Fsp3) is 0.227. The largest absolute Gasteiger partial charge is 0.497 e. The van der Waals surface area contributed by atoms with Crippen LogP contribution in [0.5, 0.6) is 5.75 Å². The minimum atomic E-state index is -0.393. The van der Waals surface area contributed by atoms with Gasteiger partial charge in [-0.05, 0) is 42.0 Å². The number of nitrogens with zero attached hydrogens (tertiary/aromatic N) is 2. The van der Waals surface area contributed by atoms with Gasteiger partial charge in [0.1, 0.15) is 17.4 Å². The second-order valence-corrected chi connectivity index (χ2v) is 6.95. The highest BCUT2D eigenvalue weighted by Crippen LogP contribution is 2.18. The maximum absolute atomic E-state index is 13.1. The number of nitrogens with one attached hydrogen (secondary N) is 1. The molecule has 148 valence electrons. The number of ether oxygens (including phenoxy) is 1. The van der Waals surface area contributed by atoms with Crippen molar-refractivity contribution in [3.8, 4) is 5.75 Å². The summed E-state index contributed by atoms with van der Waals surface area (Å²) < 4.78 is 18.2. The van der Waals surface area contributed by atoms with Crippen LogP contribution in [0.2, 0.25) is 0 Å². The van der Waals surface area contributed by atoms with E-state index in [1.54, 1.807) is 12.0 Å². The van der Waals surface area contributed by atoms with Gasteiger partial charge in [-0.3, -0.25) is 9.59 Å². The average Bonchev–Trinajstić information content (AvgIpc) is 2.74. The summed E-state index contributed by atoms with van der Waals surface area (Å²) in [6, 6.07) is 13.0. The van der Waals surface area contributed by atoms with Gasteiger partial charge in [-0.15, -0.1) is 0 Å². The molecule has 3 aromatic rings. The zero-order chi connectivity index (χ0) is 20.4. The maximum Gasteiger partial charge on any atom is 0.256 e. The lowest BCUT2D eigenvalue weighted by Crippen LogP contribution is -2.39. The minimum Gasteiger partial charge on any atom is -0.497 e. The summed E-state index contributed by atoms with van der Waals surface area (Å²) in [6.45, 7) is 0.651. The molecule has 4 rings (SSSR count). The first kappa shape index (κ1) is 18.9. The monoisotopic (exact) mass is 393 g/mol. The molecule has 0 aliphatic carbocycles. The average molecular weight is 393 g/mol. The first-order valence-electron chi connectivity index (χ1n) is 9.32. The van der Waals surface area contributed by atoms with Crippen LogP contribution in [0.3, 0.4) is 0 Å². The number of benzene rings is 2. The number of aromatic nitrogens is 2. The predicted octanol–water partition coefficient (Wildman–Crippen LogP) is 2.71. The van der Waals surface area contributed by atoms with Gasteiger partial charge in [0, 0.05) is 24.9 Å². The number of hydrogen-bond donors (Lipinski definition) is 1. The van der Waals surface area contributed by atoms with Crippen molar-refractivity contribution in [2.24, 2.45) is 0 Å². The lowest BCUT2D eigenvalue weighted by molar-refractivity contribution is 0.0732. The van der Waals surface area contributed by atoms with E-state index in [4.69, 9.17) is 4.74 Å². The van der Waals surface area contributed by atoms with E-state index >= 15 is 0 Å². The Bertz CT molecular complexity index is 1090. The molecule has 1 amide bonds. The van der Waals surface area contributed by atoms with E-state index in [9.17, 15) is 14.0 Å². The van der Waals surface area contributed by atoms with Crippen molar-refractivity contribution in [1.82, 2.24) is 14.9 Å². The van der Waals surface area contributed by atoms with Gasteiger partial charge in [0.05, 0.1) is 24.9 Å². The quantitative estimate of drug-likeness (QED) is 0.740. The fourth-order valence-electron chi connectivity index (χ4n) is 3.45. The van der Waals surface area contributed by atoms with E-state index < -0.39 is 5.82 Å². The second kappa shape index (κ2) is 7.87. The molecule has 7 heteroatoms. The lowest BCUT2D eigenvalue weighted by Gasteiger charge is -2.28. The van der Waals surface area contributed by atoms with Gasteiger partial charge in [0.2, 0.25) is 0 Å². The Morgan fingerprint density at radius 1 is 1.17 bits per heavy atom. The number of fused-ring (bicyclic) bond motifs is 1. The van der Waals surface area contributed by atoms with Crippen molar-refractivity contribution in [2.75, 3.05) is 13.7 Å². The molecule has 0 bridgehead atoms. The van der Waals surface area contributed by atoms with E-state index in [2.05, 4.69) is 9.97 Å². The first-order valence-corrected chi connectivity index (χ1v) is 9.32.